The molecule has 1 fully saturated rings. The minimum Gasteiger partial charge on any atom is -0.366 e. The van der Waals surface area contributed by atoms with Crippen LogP contribution in [0.3, 0.4) is 0 Å². The van der Waals surface area contributed by atoms with Gasteiger partial charge in [-0.2, -0.15) is 0 Å². The summed E-state index contributed by atoms with van der Waals surface area (Å²) in [5, 5.41) is 5.86. The summed E-state index contributed by atoms with van der Waals surface area (Å²) in [6.07, 6.45) is -0.580. The van der Waals surface area contributed by atoms with Crippen molar-refractivity contribution < 1.29 is 18.3 Å². The molecule has 0 bridgehead atoms. The summed E-state index contributed by atoms with van der Waals surface area (Å²) < 4.78 is 32.3. The Hall–Kier alpha value is -1.53. The molecule has 2 N–H and O–H groups in total. The summed E-state index contributed by atoms with van der Waals surface area (Å²) in [6.45, 7) is 5.35. The molecule has 2 rings (SSSR count). The van der Waals surface area contributed by atoms with Gasteiger partial charge in [-0.1, -0.05) is 19.9 Å². The SMILES string of the molecule is CC(C)C(NC(=O)C1CNCCO1)c1ccc(F)cc1F. The van der Waals surface area contributed by atoms with E-state index in [-0.39, 0.29) is 17.4 Å². The average molecular weight is 298 g/mol. The summed E-state index contributed by atoms with van der Waals surface area (Å²) in [4.78, 5) is 12.2. The van der Waals surface area contributed by atoms with Gasteiger partial charge >= 0.3 is 0 Å². The van der Waals surface area contributed by atoms with Crippen LogP contribution in [0.25, 0.3) is 0 Å². The first-order valence-corrected chi connectivity index (χ1v) is 7.06. The summed E-state index contributed by atoms with van der Waals surface area (Å²) in [5.74, 6) is -1.61. The van der Waals surface area contributed by atoms with Crippen molar-refractivity contribution >= 4 is 5.91 Å². The number of halogens is 2. The molecule has 1 aliphatic heterocycles. The van der Waals surface area contributed by atoms with Crippen LogP contribution in [0.5, 0.6) is 0 Å². The smallest absolute Gasteiger partial charge is 0.250 e. The van der Waals surface area contributed by atoms with E-state index in [1.807, 2.05) is 13.8 Å². The maximum Gasteiger partial charge on any atom is 0.250 e. The molecule has 1 saturated heterocycles. The molecule has 6 heteroatoms. The van der Waals surface area contributed by atoms with Crippen molar-refractivity contribution in [3.8, 4) is 0 Å². The molecule has 21 heavy (non-hydrogen) atoms. The number of rotatable bonds is 4. The lowest BCUT2D eigenvalue weighted by molar-refractivity contribution is -0.135. The molecule has 1 heterocycles. The average Bonchev–Trinajstić information content (AvgIpc) is 2.46. The van der Waals surface area contributed by atoms with Crippen LogP contribution in [0, 0.1) is 17.6 Å². The number of amides is 1. The van der Waals surface area contributed by atoms with E-state index in [0.29, 0.717) is 19.7 Å². The van der Waals surface area contributed by atoms with Crippen LogP contribution in [0.15, 0.2) is 18.2 Å². The molecule has 0 spiro atoms. The Morgan fingerprint density at radius 3 is 2.76 bits per heavy atom. The number of carbonyl (C=O) groups excluding carboxylic acids is 1. The van der Waals surface area contributed by atoms with Gasteiger partial charge in [-0.3, -0.25) is 4.79 Å². The number of nitrogens with one attached hydrogen (secondary N) is 2. The van der Waals surface area contributed by atoms with Crippen LogP contribution in [-0.4, -0.2) is 31.7 Å². The van der Waals surface area contributed by atoms with E-state index in [1.165, 1.54) is 12.1 Å². The van der Waals surface area contributed by atoms with Gasteiger partial charge in [0.05, 0.1) is 12.6 Å². The van der Waals surface area contributed by atoms with E-state index >= 15 is 0 Å². The predicted molar refractivity (Wildman–Crippen MR) is 74.7 cm³/mol. The third kappa shape index (κ3) is 3.98. The minimum atomic E-state index is -0.656. The van der Waals surface area contributed by atoms with E-state index in [9.17, 15) is 13.6 Å². The Labute approximate surface area is 122 Å². The monoisotopic (exact) mass is 298 g/mol. The summed E-state index contributed by atoms with van der Waals surface area (Å²) >= 11 is 0. The quantitative estimate of drug-likeness (QED) is 0.890. The lowest BCUT2D eigenvalue weighted by Crippen LogP contribution is -2.49. The molecule has 0 saturated carbocycles. The molecule has 116 valence electrons. The number of carbonyl (C=O) groups is 1. The van der Waals surface area contributed by atoms with Gasteiger partial charge in [0.25, 0.3) is 5.91 Å². The first kappa shape index (κ1) is 15.9. The van der Waals surface area contributed by atoms with Crippen LogP contribution in [0.4, 0.5) is 8.78 Å². The number of benzene rings is 1. The molecule has 1 amide bonds. The zero-order valence-corrected chi connectivity index (χ0v) is 12.2. The van der Waals surface area contributed by atoms with E-state index in [1.54, 1.807) is 0 Å². The van der Waals surface area contributed by atoms with Crippen molar-refractivity contribution in [1.29, 1.82) is 0 Å². The zero-order chi connectivity index (χ0) is 15.4. The van der Waals surface area contributed by atoms with Gasteiger partial charge in [-0.05, 0) is 12.0 Å². The molecule has 1 aromatic carbocycles. The van der Waals surface area contributed by atoms with Crippen LogP contribution < -0.4 is 10.6 Å². The molecule has 0 aromatic heterocycles. The van der Waals surface area contributed by atoms with E-state index < -0.39 is 23.8 Å². The fourth-order valence-electron chi connectivity index (χ4n) is 2.34. The molecular formula is C15H20F2N2O2. The van der Waals surface area contributed by atoms with Crippen LogP contribution in [0.2, 0.25) is 0 Å². The Balaban J connectivity index is 2.13. The van der Waals surface area contributed by atoms with Crippen molar-refractivity contribution in [2.45, 2.75) is 26.0 Å². The Kier molecular flexibility index (Phi) is 5.25. The van der Waals surface area contributed by atoms with Crippen molar-refractivity contribution in [1.82, 2.24) is 10.6 Å². The number of morpholine rings is 1. The fourth-order valence-corrected chi connectivity index (χ4v) is 2.34. The molecule has 2 atom stereocenters. The second-order valence-corrected chi connectivity index (χ2v) is 5.46. The third-order valence-corrected chi connectivity index (χ3v) is 3.48. The second-order valence-electron chi connectivity index (χ2n) is 5.46. The minimum absolute atomic E-state index is 0.0366. The van der Waals surface area contributed by atoms with Gasteiger partial charge in [0.1, 0.15) is 17.7 Å². The highest BCUT2D eigenvalue weighted by molar-refractivity contribution is 5.81. The van der Waals surface area contributed by atoms with E-state index in [2.05, 4.69) is 10.6 Å². The predicted octanol–water partition coefficient (Wildman–Crippen LogP) is 1.77. The lowest BCUT2D eigenvalue weighted by Gasteiger charge is -2.28. The zero-order valence-electron chi connectivity index (χ0n) is 12.2. The first-order chi connectivity index (χ1) is 9.99. The lowest BCUT2D eigenvalue weighted by atomic mass is 9.95. The first-order valence-electron chi connectivity index (χ1n) is 7.06. The fraction of sp³-hybridized carbons (Fsp3) is 0.533. The second kappa shape index (κ2) is 6.95. The largest absolute Gasteiger partial charge is 0.366 e. The van der Waals surface area contributed by atoms with Crippen LogP contribution in [-0.2, 0) is 9.53 Å². The molecule has 0 radical (unpaired) electrons. The van der Waals surface area contributed by atoms with Crippen molar-refractivity contribution in [3.63, 3.8) is 0 Å². The van der Waals surface area contributed by atoms with Gasteiger partial charge in [-0.15, -0.1) is 0 Å². The Bertz CT molecular complexity index is 502. The number of hydrogen-bond donors (Lipinski definition) is 2. The summed E-state index contributed by atoms with van der Waals surface area (Å²) in [5.41, 5.74) is 0.281. The molecule has 4 nitrogen and oxygen atoms in total. The summed E-state index contributed by atoms with van der Waals surface area (Å²) in [6, 6.07) is 2.87. The Morgan fingerprint density at radius 2 is 2.19 bits per heavy atom. The molecule has 1 aliphatic rings. The molecule has 2 unspecified atom stereocenters. The maximum absolute atomic E-state index is 13.9. The third-order valence-electron chi connectivity index (χ3n) is 3.48. The normalized spacial score (nSPS) is 20.3. The van der Waals surface area contributed by atoms with Crippen molar-refractivity contribution in [2.24, 2.45) is 5.92 Å². The Morgan fingerprint density at radius 1 is 1.43 bits per heavy atom. The summed E-state index contributed by atoms with van der Waals surface area (Å²) in [7, 11) is 0. The van der Waals surface area contributed by atoms with Gasteiger partial charge < -0.3 is 15.4 Å². The molecular weight excluding hydrogens is 278 g/mol. The van der Waals surface area contributed by atoms with E-state index in [0.717, 1.165) is 6.07 Å². The topological polar surface area (TPSA) is 50.4 Å². The molecule has 0 aliphatic carbocycles. The van der Waals surface area contributed by atoms with Gasteiger partial charge in [0.2, 0.25) is 0 Å². The number of hydrogen-bond acceptors (Lipinski definition) is 3. The number of ether oxygens (including phenoxy) is 1. The van der Waals surface area contributed by atoms with Crippen molar-refractivity contribution in [3.05, 3.63) is 35.4 Å². The van der Waals surface area contributed by atoms with Crippen LogP contribution in [0.1, 0.15) is 25.5 Å². The highest BCUT2D eigenvalue weighted by atomic mass is 19.1. The van der Waals surface area contributed by atoms with E-state index in [4.69, 9.17) is 4.74 Å². The van der Waals surface area contributed by atoms with Gasteiger partial charge in [0.15, 0.2) is 0 Å². The van der Waals surface area contributed by atoms with Crippen LogP contribution >= 0.6 is 0 Å². The maximum atomic E-state index is 13.9. The van der Waals surface area contributed by atoms with Gasteiger partial charge in [0, 0.05) is 24.7 Å². The highest BCUT2D eigenvalue weighted by Gasteiger charge is 2.27. The van der Waals surface area contributed by atoms with Gasteiger partial charge in [-0.25, -0.2) is 8.78 Å². The standard InChI is InChI=1S/C15H20F2N2O2/c1-9(2)14(11-4-3-10(16)7-12(11)17)19-15(20)13-8-18-5-6-21-13/h3-4,7,9,13-14,18H,5-6,8H2,1-2H3,(H,19,20). The highest BCUT2D eigenvalue weighted by Crippen LogP contribution is 2.25. The molecule has 1 aromatic rings. The van der Waals surface area contributed by atoms with Crippen molar-refractivity contribution in [2.75, 3.05) is 19.7 Å².